The number of hydrogen-bond donors (Lipinski definition) is 4. The zero-order valence-electron chi connectivity index (χ0n) is 22.4. The maximum atomic E-state index is 11.6. The lowest BCUT2D eigenvalue weighted by Crippen LogP contribution is -2.58. The van der Waals surface area contributed by atoms with Crippen LogP contribution in [0.15, 0.2) is 60.0 Å². The number of β-amino-alcohol motifs (C(OH)–C–C–N with tert-alkyl or cyclic N) is 2. The molecule has 4 fully saturated rings. The molecule has 206 valence electrons. The minimum atomic E-state index is -0.773. The van der Waals surface area contributed by atoms with Crippen molar-refractivity contribution in [3.63, 3.8) is 0 Å². The highest BCUT2D eigenvalue weighted by molar-refractivity contribution is 5.82. The molecule has 6 aliphatic rings. The van der Waals surface area contributed by atoms with E-state index in [2.05, 4.69) is 47.2 Å². The fourth-order valence-electron chi connectivity index (χ4n) is 9.71. The monoisotopic (exact) mass is 530 g/mol. The van der Waals surface area contributed by atoms with E-state index >= 15 is 0 Å². The second-order valence-electron chi connectivity index (χ2n) is 13.5. The summed E-state index contributed by atoms with van der Waals surface area (Å²) < 4.78 is 7.33. The third-order valence-corrected chi connectivity index (χ3v) is 11.6. The molecule has 4 N–H and O–H groups in total. The number of pyridine rings is 1. The van der Waals surface area contributed by atoms with Crippen molar-refractivity contribution >= 4 is 10.8 Å². The van der Waals surface area contributed by atoms with Crippen LogP contribution >= 0.6 is 0 Å². The lowest BCUT2D eigenvalue weighted by Gasteiger charge is -2.55. The first kappa shape index (κ1) is 24.6. The summed E-state index contributed by atoms with van der Waals surface area (Å²) in [5.74, 6) is 0.200. The lowest BCUT2D eigenvalue weighted by molar-refractivity contribution is -0.150. The van der Waals surface area contributed by atoms with Crippen molar-refractivity contribution in [3.05, 3.63) is 65.5 Å². The van der Waals surface area contributed by atoms with E-state index in [1.54, 1.807) is 0 Å². The number of ether oxygens (including phenoxy) is 1. The van der Waals surface area contributed by atoms with Crippen molar-refractivity contribution in [1.29, 1.82) is 0 Å². The van der Waals surface area contributed by atoms with Gasteiger partial charge in [0.15, 0.2) is 0 Å². The minimum absolute atomic E-state index is 0.0123. The summed E-state index contributed by atoms with van der Waals surface area (Å²) in [6, 6.07) is 8.41. The van der Waals surface area contributed by atoms with Gasteiger partial charge >= 0.3 is 0 Å². The van der Waals surface area contributed by atoms with Gasteiger partial charge in [0.2, 0.25) is 0 Å². The Morgan fingerprint density at radius 1 is 0.974 bits per heavy atom. The Labute approximate surface area is 228 Å². The summed E-state index contributed by atoms with van der Waals surface area (Å²) in [4.78, 5) is 6.38. The van der Waals surface area contributed by atoms with Crippen LogP contribution in [0.25, 0.3) is 10.8 Å². The summed E-state index contributed by atoms with van der Waals surface area (Å²) in [6.45, 7) is 3.11. The third kappa shape index (κ3) is 3.29. The van der Waals surface area contributed by atoms with Gasteiger partial charge in [0.05, 0.1) is 35.6 Å². The molecule has 2 aromatic rings. The van der Waals surface area contributed by atoms with Gasteiger partial charge in [-0.25, -0.2) is 0 Å². The van der Waals surface area contributed by atoms with Crippen molar-refractivity contribution in [2.24, 2.45) is 11.3 Å². The van der Waals surface area contributed by atoms with Crippen LogP contribution in [0.3, 0.4) is 0 Å². The third-order valence-electron chi connectivity index (χ3n) is 11.6. The molecule has 7 heteroatoms. The van der Waals surface area contributed by atoms with Crippen LogP contribution in [0.2, 0.25) is 0 Å². The largest absolute Gasteiger partial charge is 0.392 e. The van der Waals surface area contributed by atoms with Gasteiger partial charge in [-0.2, -0.15) is 0 Å². The standard InChI is InChI=1S/C32H38N2O5/c1-30-6-4-21-11-22-12-24(35)23(34-16-26(37)27(38)17-34)14-31(22)7-8-32(21,39-31)28(30)13-25(36)29(30)19-3-2-18-5-9-33-15-20(18)10-19/h2-5,9-11,15,23-29,35-38H,6-8,12-14,16-17H2,1H3/t23-,24+,25+,26-,27-,28+,29?,30-,31+,32?/m0/s1. The Bertz CT molecular complexity index is 1400. The van der Waals surface area contributed by atoms with Crippen LogP contribution in [-0.4, -0.2) is 85.1 Å². The molecule has 39 heavy (non-hydrogen) atoms. The number of likely N-dealkylation sites (tertiary alicyclic amines) is 1. The summed E-state index contributed by atoms with van der Waals surface area (Å²) in [6.07, 6.45) is 10.5. The molecule has 0 amide bonds. The number of aliphatic hydroxyl groups excluding tert-OH is 4. The normalized spacial score (nSPS) is 46.9. The minimum Gasteiger partial charge on any atom is -0.392 e. The number of aliphatic hydroxyl groups is 4. The van der Waals surface area contributed by atoms with E-state index in [1.165, 1.54) is 16.7 Å². The summed E-state index contributed by atoms with van der Waals surface area (Å²) in [5, 5.41) is 45.4. The quantitative estimate of drug-likeness (QED) is 0.473. The molecule has 2 saturated heterocycles. The van der Waals surface area contributed by atoms with Gasteiger partial charge in [-0.15, -0.1) is 0 Å². The summed E-state index contributed by atoms with van der Waals surface area (Å²) in [7, 11) is 0. The lowest BCUT2D eigenvalue weighted by atomic mass is 9.58. The van der Waals surface area contributed by atoms with Crippen molar-refractivity contribution in [1.82, 2.24) is 9.88 Å². The highest BCUT2D eigenvalue weighted by Gasteiger charge is 2.68. The van der Waals surface area contributed by atoms with Gasteiger partial charge in [0.1, 0.15) is 0 Å². The predicted molar refractivity (Wildman–Crippen MR) is 146 cm³/mol. The van der Waals surface area contributed by atoms with Crippen molar-refractivity contribution < 1.29 is 25.2 Å². The van der Waals surface area contributed by atoms with Crippen molar-refractivity contribution in [2.45, 2.75) is 93.0 Å². The molecule has 1 aromatic carbocycles. The van der Waals surface area contributed by atoms with Gasteiger partial charge in [-0.3, -0.25) is 9.88 Å². The van der Waals surface area contributed by atoms with Crippen LogP contribution in [-0.2, 0) is 4.74 Å². The highest BCUT2D eigenvalue weighted by Crippen LogP contribution is 2.69. The number of allylic oxidation sites excluding steroid dienone is 1. The maximum absolute atomic E-state index is 11.6. The van der Waals surface area contributed by atoms with Gasteiger partial charge < -0.3 is 25.2 Å². The van der Waals surface area contributed by atoms with Crippen LogP contribution < -0.4 is 0 Å². The molecule has 0 radical (unpaired) electrons. The molecule has 2 unspecified atom stereocenters. The van der Waals surface area contributed by atoms with E-state index in [9.17, 15) is 20.4 Å². The van der Waals surface area contributed by atoms with E-state index in [1.807, 2.05) is 18.5 Å². The number of hydrogen-bond acceptors (Lipinski definition) is 7. The average molecular weight is 531 g/mol. The molecule has 2 saturated carbocycles. The van der Waals surface area contributed by atoms with E-state index < -0.39 is 35.6 Å². The van der Waals surface area contributed by atoms with Gasteiger partial charge in [-0.05, 0) is 78.2 Å². The molecule has 10 atom stereocenters. The van der Waals surface area contributed by atoms with Crippen molar-refractivity contribution in [2.75, 3.05) is 13.1 Å². The summed E-state index contributed by atoms with van der Waals surface area (Å²) >= 11 is 0. The molecule has 8 rings (SSSR count). The second-order valence-corrected chi connectivity index (χ2v) is 13.5. The number of fused-ring (bicyclic) bond motifs is 2. The Hall–Kier alpha value is -2.13. The van der Waals surface area contributed by atoms with Crippen LogP contribution in [0.5, 0.6) is 0 Å². The zero-order valence-corrected chi connectivity index (χ0v) is 22.4. The second kappa shape index (κ2) is 8.21. The van der Waals surface area contributed by atoms with Crippen LogP contribution in [0, 0.1) is 11.3 Å². The molecule has 2 bridgehead atoms. The first-order valence-corrected chi connectivity index (χ1v) is 14.6. The number of benzene rings is 1. The van der Waals surface area contributed by atoms with Gasteiger partial charge in [-0.1, -0.05) is 31.2 Å². The fraction of sp³-hybridized carbons (Fsp3) is 0.594. The topological polar surface area (TPSA) is 106 Å². The van der Waals surface area contributed by atoms with Crippen molar-refractivity contribution in [3.8, 4) is 0 Å². The SMILES string of the molecule is C[C@]12CC=C3C=C4C[C@@H](O)[C@@H](N5C[C@H](O)[C@@H](O)C5)C[C@]45CCC3(O5)[C@@H]1C[C@@H](O)C2c1ccc2ccncc2c1. The number of aromatic nitrogens is 1. The Kier molecular flexibility index (Phi) is 5.19. The molecular formula is C32H38N2O5. The molecule has 2 spiro atoms. The fourth-order valence-corrected chi connectivity index (χ4v) is 9.71. The predicted octanol–water partition coefficient (Wildman–Crippen LogP) is 2.82. The molecule has 1 aromatic heterocycles. The van der Waals surface area contributed by atoms with E-state index in [0.717, 1.165) is 30.0 Å². The van der Waals surface area contributed by atoms with Gasteiger partial charge in [0, 0.05) is 48.7 Å². The number of rotatable bonds is 2. The highest BCUT2D eigenvalue weighted by atomic mass is 16.5. The average Bonchev–Trinajstić information content (AvgIpc) is 3.52. The molecule has 3 aliphatic carbocycles. The first-order chi connectivity index (χ1) is 18.7. The van der Waals surface area contributed by atoms with E-state index in [4.69, 9.17) is 4.74 Å². The van der Waals surface area contributed by atoms with Crippen LogP contribution in [0.1, 0.15) is 56.9 Å². The maximum Gasteiger partial charge on any atom is 0.0975 e. The van der Waals surface area contributed by atoms with Gasteiger partial charge in [0.25, 0.3) is 0 Å². The molecule has 7 nitrogen and oxygen atoms in total. The number of nitrogens with zero attached hydrogens (tertiary/aromatic N) is 2. The van der Waals surface area contributed by atoms with Crippen LogP contribution in [0.4, 0.5) is 0 Å². The van der Waals surface area contributed by atoms with E-state index in [0.29, 0.717) is 32.4 Å². The Morgan fingerprint density at radius 2 is 1.79 bits per heavy atom. The Morgan fingerprint density at radius 3 is 2.62 bits per heavy atom. The smallest absolute Gasteiger partial charge is 0.0975 e. The molecular weight excluding hydrogens is 492 g/mol. The zero-order chi connectivity index (χ0) is 26.7. The summed E-state index contributed by atoms with van der Waals surface area (Å²) in [5.41, 5.74) is 2.59. The molecule has 4 heterocycles. The molecule has 3 aliphatic heterocycles. The Balaban J connectivity index is 1.15. The first-order valence-electron chi connectivity index (χ1n) is 14.6. The van der Waals surface area contributed by atoms with E-state index in [-0.39, 0.29) is 23.3 Å².